The van der Waals surface area contributed by atoms with E-state index in [4.69, 9.17) is 0 Å². The van der Waals surface area contributed by atoms with Crippen LogP contribution in [0.4, 0.5) is 11.4 Å². The van der Waals surface area contributed by atoms with Crippen LogP contribution in [0.1, 0.15) is 46.8 Å². The van der Waals surface area contributed by atoms with Gasteiger partial charge in [-0.1, -0.05) is 36.4 Å². The molecular formula is C32H42N4O6S2. The van der Waals surface area contributed by atoms with E-state index >= 15 is 0 Å². The van der Waals surface area contributed by atoms with Crippen LogP contribution in [0.5, 0.6) is 0 Å². The molecule has 10 nitrogen and oxygen atoms in total. The monoisotopic (exact) mass is 642 g/mol. The van der Waals surface area contributed by atoms with Gasteiger partial charge in [0.25, 0.3) is 5.91 Å². The zero-order valence-corrected chi connectivity index (χ0v) is 27.0. The number of hydrogen-bond acceptors (Lipinski definition) is 8. The van der Waals surface area contributed by atoms with E-state index in [1.807, 2.05) is 50.2 Å². The molecule has 1 aliphatic rings. The van der Waals surface area contributed by atoms with Gasteiger partial charge in [-0.25, -0.2) is 16.8 Å². The number of amides is 1. The van der Waals surface area contributed by atoms with Crippen LogP contribution in [0.15, 0.2) is 71.6 Å². The van der Waals surface area contributed by atoms with E-state index < -0.39 is 37.9 Å². The number of hydrogen-bond donors (Lipinski definition) is 4. The van der Waals surface area contributed by atoms with E-state index in [1.165, 1.54) is 10.6 Å². The van der Waals surface area contributed by atoms with Gasteiger partial charge in [-0.15, -0.1) is 0 Å². The topological polar surface area (TPSA) is 145 Å². The summed E-state index contributed by atoms with van der Waals surface area (Å²) >= 11 is 0. The molecule has 2 atom stereocenters. The van der Waals surface area contributed by atoms with E-state index in [9.17, 15) is 26.7 Å². The van der Waals surface area contributed by atoms with Crippen molar-refractivity contribution in [2.24, 2.45) is 0 Å². The lowest BCUT2D eigenvalue weighted by molar-refractivity contribution is 0.0830. The second kappa shape index (κ2) is 14.6. The summed E-state index contributed by atoms with van der Waals surface area (Å²) in [6, 6.07) is 19.0. The fourth-order valence-electron chi connectivity index (χ4n) is 5.32. The van der Waals surface area contributed by atoms with Gasteiger partial charge in [-0.05, 0) is 80.1 Å². The summed E-state index contributed by atoms with van der Waals surface area (Å²) in [5, 5.41) is 20.6. The predicted molar refractivity (Wildman–Crippen MR) is 174 cm³/mol. The maximum atomic E-state index is 13.7. The normalized spacial score (nSPS) is 16.2. The fraction of sp³-hybridized carbons (Fsp3) is 0.406. The molecule has 0 saturated carbocycles. The minimum absolute atomic E-state index is 0.0659. The maximum Gasteiger partial charge on any atom is 0.251 e. The third-order valence-electron chi connectivity index (χ3n) is 7.50. The van der Waals surface area contributed by atoms with Crippen molar-refractivity contribution >= 4 is 37.1 Å². The van der Waals surface area contributed by atoms with E-state index in [0.29, 0.717) is 43.9 Å². The van der Waals surface area contributed by atoms with Gasteiger partial charge in [0, 0.05) is 43.7 Å². The molecule has 0 unspecified atom stereocenters. The van der Waals surface area contributed by atoms with Crippen LogP contribution in [-0.2, 0) is 32.8 Å². The molecule has 0 aliphatic carbocycles. The van der Waals surface area contributed by atoms with Gasteiger partial charge in [0.15, 0.2) is 9.84 Å². The summed E-state index contributed by atoms with van der Waals surface area (Å²) in [6.07, 6.45) is 1.88. The SMILES string of the molecule is CCNc1cc(C(=O)N[C@@H](Cc2ccccc2)[C@H](O)CNCc2cc(C)cc(S(C)(=O)=O)c2)cc(N2CCCCS2(=O)=O)c1. The third kappa shape index (κ3) is 9.04. The Morgan fingerprint density at radius 2 is 1.77 bits per heavy atom. The number of aliphatic hydroxyl groups is 1. The second-order valence-electron chi connectivity index (χ2n) is 11.3. The number of carbonyl (C=O) groups is 1. The molecule has 3 aromatic rings. The Balaban J connectivity index is 1.54. The fourth-order valence-corrected chi connectivity index (χ4v) is 7.71. The highest BCUT2D eigenvalue weighted by molar-refractivity contribution is 7.92. The van der Waals surface area contributed by atoms with Gasteiger partial charge < -0.3 is 21.1 Å². The van der Waals surface area contributed by atoms with Crippen LogP contribution < -0.4 is 20.3 Å². The number of aliphatic hydroxyl groups excluding tert-OH is 1. The Bertz CT molecular complexity index is 1660. The summed E-state index contributed by atoms with van der Waals surface area (Å²) in [7, 11) is -6.85. The van der Waals surface area contributed by atoms with Crippen LogP contribution in [0.25, 0.3) is 0 Å². The number of sulfone groups is 1. The molecule has 1 heterocycles. The number of sulfonamides is 1. The Morgan fingerprint density at radius 1 is 1.02 bits per heavy atom. The lowest BCUT2D eigenvalue weighted by atomic mass is 10.00. The van der Waals surface area contributed by atoms with Crippen LogP contribution in [-0.4, -0.2) is 71.6 Å². The third-order valence-corrected chi connectivity index (χ3v) is 10.5. The number of anilines is 2. The van der Waals surface area contributed by atoms with Crippen molar-refractivity contribution in [2.45, 2.75) is 56.7 Å². The van der Waals surface area contributed by atoms with Crippen LogP contribution >= 0.6 is 0 Å². The van der Waals surface area contributed by atoms with Gasteiger partial charge in [-0.2, -0.15) is 0 Å². The quantitative estimate of drug-likeness (QED) is 0.223. The summed E-state index contributed by atoms with van der Waals surface area (Å²) in [5.74, 6) is -0.368. The molecule has 1 saturated heterocycles. The number of nitrogens with one attached hydrogen (secondary N) is 3. The Morgan fingerprint density at radius 3 is 2.45 bits per heavy atom. The largest absolute Gasteiger partial charge is 0.390 e. The summed E-state index contributed by atoms with van der Waals surface area (Å²) < 4.78 is 51.2. The lowest BCUT2D eigenvalue weighted by Crippen LogP contribution is -2.48. The van der Waals surface area contributed by atoms with Gasteiger partial charge >= 0.3 is 0 Å². The van der Waals surface area contributed by atoms with Gasteiger partial charge in [0.1, 0.15) is 0 Å². The molecule has 1 fully saturated rings. The van der Waals surface area contributed by atoms with Crippen molar-refractivity contribution in [3.05, 3.63) is 89.0 Å². The van der Waals surface area contributed by atoms with Crippen molar-refractivity contribution in [3.8, 4) is 0 Å². The zero-order valence-electron chi connectivity index (χ0n) is 25.4. The molecule has 238 valence electrons. The molecule has 3 aromatic carbocycles. The second-order valence-corrected chi connectivity index (χ2v) is 15.3. The molecule has 44 heavy (non-hydrogen) atoms. The molecule has 0 bridgehead atoms. The minimum atomic E-state index is -3.48. The zero-order chi connectivity index (χ0) is 31.9. The van der Waals surface area contributed by atoms with Crippen molar-refractivity contribution in [1.29, 1.82) is 0 Å². The van der Waals surface area contributed by atoms with Gasteiger partial charge in [0.2, 0.25) is 10.0 Å². The maximum absolute atomic E-state index is 13.7. The van der Waals surface area contributed by atoms with E-state index in [-0.39, 0.29) is 22.8 Å². The molecule has 0 spiro atoms. The summed E-state index contributed by atoms with van der Waals surface area (Å²) in [4.78, 5) is 13.9. The van der Waals surface area contributed by atoms with E-state index in [1.54, 1.807) is 30.3 Å². The number of nitrogens with zero attached hydrogens (tertiary/aromatic N) is 1. The molecule has 4 rings (SSSR count). The Labute approximate surface area is 260 Å². The lowest BCUT2D eigenvalue weighted by Gasteiger charge is -2.29. The molecule has 1 aliphatic heterocycles. The molecular weight excluding hydrogens is 601 g/mol. The van der Waals surface area contributed by atoms with Crippen LogP contribution in [0.3, 0.4) is 0 Å². The molecule has 1 amide bonds. The average molecular weight is 643 g/mol. The number of benzene rings is 3. The molecule has 4 N–H and O–H groups in total. The molecule has 0 radical (unpaired) electrons. The standard InChI is InChI=1S/C32H42N4O6S2/c1-4-34-27-18-26(19-28(20-27)36-12-8-9-13-44(36,41)42)32(38)35-30(17-24-10-6-5-7-11-24)31(37)22-33-21-25-14-23(2)15-29(16-25)43(3,39)40/h5-7,10-11,14-16,18-20,30-31,33-34,37H,4,8-9,12-13,17,21-22H2,1-3H3,(H,35,38)/t30-,31+/m0/s1. The van der Waals surface area contributed by atoms with E-state index in [0.717, 1.165) is 23.1 Å². The first kappa shape index (κ1) is 33.4. The van der Waals surface area contributed by atoms with Gasteiger partial charge in [-0.3, -0.25) is 9.10 Å². The first-order chi connectivity index (χ1) is 20.9. The number of carbonyl (C=O) groups excluding carboxylic acids is 1. The molecule has 12 heteroatoms. The van der Waals surface area contributed by atoms with Crippen molar-refractivity contribution in [1.82, 2.24) is 10.6 Å². The highest BCUT2D eigenvalue weighted by atomic mass is 32.2. The van der Waals surface area contributed by atoms with Crippen molar-refractivity contribution in [2.75, 3.05) is 41.3 Å². The van der Waals surface area contributed by atoms with E-state index in [2.05, 4.69) is 16.0 Å². The highest BCUT2D eigenvalue weighted by Crippen LogP contribution is 2.28. The Hall–Kier alpha value is -3.45. The predicted octanol–water partition coefficient (Wildman–Crippen LogP) is 3.25. The van der Waals surface area contributed by atoms with Crippen molar-refractivity contribution in [3.63, 3.8) is 0 Å². The average Bonchev–Trinajstić information content (AvgIpc) is 2.96. The number of rotatable bonds is 13. The molecule has 0 aromatic heterocycles. The van der Waals surface area contributed by atoms with Crippen molar-refractivity contribution < 1.29 is 26.7 Å². The number of aryl methyl sites for hydroxylation is 1. The highest BCUT2D eigenvalue weighted by Gasteiger charge is 2.28. The first-order valence-corrected chi connectivity index (χ1v) is 18.3. The van der Waals surface area contributed by atoms with Crippen LogP contribution in [0.2, 0.25) is 0 Å². The first-order valence-electron chi connectivity index (χ1n) is 14.8. The van der Waals surface area contributed by atoms with Crippen LogP contribution in [0, 0.1) is 6.92 Å². The minimum Gasteiger partial charge on any atom is -0.390 e. The summed E-state index contributed by atoms with van der Waals surface area (Å²) in [6.45, 7) is 5.15. The summed E-state index contributed by atoms with van der Waals surface area (Å²) in [5.41, 5.74) is 3.85. The Kier molecular flexibility index (Phi) is 11.1. The van der Waals surface area contributed by atoms with Gasteiger partial charge in [0.05, 0.1) is 28.5 Å². The smallest absolute Gasteiger partial charge is 0.251 e.